The van der Waals surface area contributed by atoms with Crippen molar-refractivity contribution in [3.8, 4) is 11.5 Å². The lowest BCUT2D eigenvalue weighted by Gasteiger charge is -2.44. The summed E-state index contributed by atoms with van der Waals surface area (Å²) in [4.78, 5) is 0. The maximum Gasteiger partial charge on any atom is 0.131 e. The quantitative estimate of drug-likeness (QED) is 0.424. The summed E-state index contributed by atoms with van der Waals surface area (Å²) < 4.78 is 6.20. The van der Waals surface area contributed by atoms with Gasteiger partial charge in [0.05, 0.1) is 5.41 Å². The van der Waals surface area contributed by atoms with E-state index in [1.807, 2.05) is 53.7 Å². The first-order chi connectivity index (χ1) is 14.2. The van der Waals surface area contributed by atoms with E-state index in [2.05, 4.69) is 80.6 Å². The zero-order valence-corrected chi connectivity index (χ0v) is 19.5. The van der Waals surface area contributed by atoms with Gasteiger partial charge in [0.1, 0.15) is 11.5 Å². The van der Waals surface area contributed by atoms with Crippen LogP contribution in [0.4, 0.5) is 0 Å². The van der Waals surface area contributed by atoms with Gasteiger partial charge in [-0.25, -0.2) is 0 Å². The first-order valence-corrected chi connectivity index (χ1v) is 11.2. The van der Waals surface area contributed by atoms with E-state index >= 15 is 0 Å². The van der Waals surface area contributed by atoms with E-state index in [0.29, 0.717) is 5.92 Å². The SMILES string of the molecule is CC.CC.CC.CC(C)C1(c2ccccc2)c2ccccc2Oc2ccccc21. The van der Waals surface area contributed by atoms with Crippen LogP contribution in [0, 0.1) is 5.92 Å². The number of rotatable bonds is 2. The van der Waals surface area contributed by atoms with Crippen molar-refractivity contribution in [1.29, 1.82) is 0 Å². The monoisotopic (exact) mass is 390 g/mol. The van der Waals surface area contributed by atoms with Gasteiger partial charge in [0.25, 0.3) is 0 Å². The number of ether oxygens (including phenoxy) is 1. The molecule has 1 aliphatic heterocycles. The van der Waals surface area contributed by atoms with Crippen LogP contribution in [0.3, 0.4) is 0 Å². The Kier molecular flexibility index (Phi) is 10.2. The Balaban J connectivity index is 0.000000644. The van der Waals surface area contributed by atoms with Gasteiger partial charge < -0.3 is 4.74 Å². The Hall–Kier alpha value is -2.54. The third-order valence-corrected chi connectivity index (χ3v) is 4.94. The molecule has 0 radical (unpaired) electrons. The lowest BCUT2D eigenvalue weighted by Crippen LogP contribution is -2.37. The smallest absolute Gasteiger partial charge is 0.131 e. The van der Waals surface area contributed by atoms with Crippen molar-refractivity contribution in [1.82, 2.24) is 0 Å². The topological polar surface area (TPSA) is 9.23 Å². The number of hydrogen-bond donors (Lipinski definition) is 0. The van der Waals surface area contributed by atoms with Crippen LogP contribution in [-0.2, 0) is 5.41 Å². The van der Waals surface area contributed by atoms with Crippen LogP contribution >= 0.6 is 0 Å². The molecule has 1 nitrogen and oxygen atoms in total. The van der Waals surface area contributed by atoms with Gasteiger partial charge in [-0.3, -0.25) is 0 Å². The molecule has 0 saturated heterocycles. The fraction of sp³-hybridized carbons (Fsp3) is 0.357. The molecule has 1 heterocycles. The molecule has 0 spiro atoms. The Morgan fingerprint density at radius 2 is 0.931 bits per heavy atom. The highest BCUT2D eigenvalue weighted by Gasteiger charge is 2.45. The summed E-state index contributed by atoms with van der Waals surface area (Å²) in [5.41, 5.74) is 3.63. The van der Waals surface area contributed by atoms with E-state index in [0.717, 1.165) is 11.5 Å². The zero-order valence-electron chi connectivity index (χ0n) is 19.5. The van der Waals surface area contributed by atoms with E-state index in [1.54, 1.807) is 0 Å². The van der Waals surface area contributed by atoms with Crippen molar-refractivity contribution in [2.45, 2.75) is 60.8 Å². The molecule has 4 rings (SSSR count). The molecule has 1 heteroatoms. The number of fused-ring (bicyclic) bond motifs is 2. The molecule has 3 aromatic rings. The molecule has 0 aliphatic carbocycles. The van der Waals surface area contributed by atoms with Gasteiger partial charge in [0, 0.05) is 11.1 Å². The maximum atomic E-state index is 6.20. The van der Waals surface area contributed by atoms with E-state index in [4.69, 9.17) is 4.74 Å². The minimum atomic E-state index is -0.188. The van der Waals surface area contributed by atoms with Crippen molar-refractivity contribution in [2.24, 2.45) is 5.92 Å². The molecule has 29 heavy (non-hydrogen) atoms. The maximum absolute atomic E-state index is 6.20. The van der Waals surface area contributed by atoms with Gasteiger partial charge in [-0.2, -0.15) is 0 Å². The fourth-order valence-electron chi connectivity index (χ4n) is 3.99. The third kappa shape index (κ3) is 4.56. The zero-order chi connectivity index (χ0) is 21.9. The highest BCUT2D eigenvalue weighted by atomic mass is 16.5. The summed E-state index contributed by atoms with van der Waals surface area (Å²) in [7, 11) is 0. The molecule has 0 amide bonds. The Bertz CT molecular complexity index is 788. The number of benzene rings is 3. The average molecular weight is 391 g/mol. The van der Waals surface area contributed by atoms with Crippen LogP contribution in [0.1, 0.15) is 72.1 Å². The van der Waals surface area contributed by atoms with Crippen LogP contribution in [0.25, 0.3) is 0 Å². The Morgan fingerprint density at radius 1 is 0.552 bits per heavy atom. The summed E-state index contributed by atoms with van der Waals surface area (Å²) in [6.07, 6.45) is 0. The molecule has 0 atom stereocenters. The van der Waals surface area contributed by atoms with Crippen LogP contribution in [0.5, 0.6) is 11.5 Å². The van der Waals surface area contributed by atoms with Crippen LogP contribution < -0.4 is 4.74 Å². The lowest BCUT2D eigenvalue weighted by atomic mass is 9.61. The predicted octanol–water partition coefficient (Wildman–Crippen LogP) is 8.86. The molecule has 0 N–H and O–H groups in total. The second-order valence-electron chi connectivity index (χ2n) is 6.42. The lowest BCUT2D eigenvalue weighted by molar-refractivity contribution is 0.361. The molecule has 0 unspecified atom stereocenters. The first-order valence-electron chi connectivity index (χ1n) is 11.2. The van der Waals surface area contributed by atoms with Gasteiger partial charge in [-0.15, -0.1) is 0 Å². The second kappa shape index (κ2) is 12.1. The van der Waals surface area contributed by atoms with Gasteiger partial charge in [-0.05, 0) is 23.6 Å². The van der Waals surface area contributed by atoms with Crippen molar-refractivity contribution in [2.75, 3.05) is 0 Å². The second-order valence-corrected chi connectivity index (χ2v) is 6.42. The van der Waals surface area contributed by atoms with E-state index in [-0.39, 0.29) is 5.41 Å². The molecule has 0 saturated carbocycles. The normalized spacial score (nSPS) is 12.3. The summed E-state index contributed by atoms with van der Waals surface area (Å²) in [5.74, 6) is 2.32. The average Bonchev–Trinajstić information content (AvgIpc) is 2.82. The molecular weight excluding hydrogens is 352 g/mol. The first kappa shape index (κ1) is 24.5. The molecule has 3 aromatic carbocycles. The fourth-order valence-corrected chi connectivity index (χ4v) is 3.99. The van der Waals surface area contributed by atoms with Crippen molar-refractivity contribution >= 4 is 0 Å². The highest BCUT2D eigenvalue weighted by Crippen LogP contribution is 2.55. The van der Waals surface area contributed by atoms with Gasteiger partial charge in [-0.1, -0.05) is 122 Å². The standard InChI is InChI=1S/C22H20O.3C2H6/c1-16(2)22(17-10-4-3-5-11-17)18-12-6-8-14-20(18)23-21-15-9-7-13-19(21)22;3*1-2/h3-16H,1-2H3;3*1-2H3. The summed E-state index contributed by atoms with van der Waals surface area (Å²) in [6.45, 7) is 16.6. The molecular formula is C28H38O. The summed E-state index contributed by atoms with van der Waals surface area (Å²) in [5, 5.41) is 0. The molecule has 0 bridgehead atoms. The number of para-hydroxylation sites is 2. The summed E-state index contributed by atoms with van der Waals surface area (Å²) >= 11 is 0. The van der Waals surface area contributed by atoms with Crippen molar-refractivity contribution in [3.05, 3.63) is 95.6 Å². The summed E-state index contributed by atoms with van der Waals surface area (Å²) in [6, 6.07) is 27.7. The largest absolute Gasteiger partial charge is 0.457 e. The molecule has 0 aromatic heterocycles. The van der Waals surface area contributed by atoms with Gasteiger partial charge >= 0.3 is 0 Å². The third-order valence-electron chi connectivity index (χ3n) is 4.94. The van der Waals surface area contributed by atoms with E-state index in [9.17, 15) is 0 Å². The molecule has 156 valence electrons. The van der Waals surface area contributed by atoms with E-state index in [1.165, 1.54) is 16.7 Å². The Labute approximate surface area is 178 Å². The van der Waals surface area contributed by atoms with Gasteiger partial charge in [0.15, 0.2) is 0 Å². The predicted molar refractivity (Wildman–Crippen MR) is 128 cm³/mol. The van der Waals surface area contributed by atoms with E-state index < -0.39 is 0 Å². The van der Waals surface area contributed by atoms with Crippen molar-refractivity contribution < 1.29 is 4.74 Å². The minimum absolute atomic E-state index is 0.188. The molecule has 0 fully saturated rings. The minimum Gasteiger partial charge on any atom is -0.457 e. The highest BCUT2D eigenvalue weighted by molar-refractivity contribution is 5.63. The van der Waals surface area contributed by atoms with Crippen LogP contribution in [-0.4, -0.2) is 0 Å². The van der Waals surface area contributed by atoms with Gasteiger partial charge in [0.2, 0.25) is 0 Å². The number of hydrogen-bond acceptors (Lipinski definition) is 1. The van der Waals surface area contributed by atoms with Crippen molar-refractivity contribution in [3.63, 3.8) is 0 Å². The molecule has 1 aliphatic rings. The van der Waals surface area contributed by atoms with Crippen LogP contribution in [0.15, 0.2) is 78.9 Å². The van der Waals surface area contributed by atoms with Crippen LogP contribution in [0.2, 0.25) is 0 Å². The Morgan fingerprint density at radius 3 is 1.34 bits per heavy atom.